The van der Waals surface area contributed by atoms with Crippen LogP contribution in [0, 0.1) is 0 Å². The number of hydrogen-bond acceptors (Lipinski definition) is 5. The van der Waals surface area contributed by atoms with E-state index >= 15 is 0 Å². The van der Waals surface area contributed by atoms with E-state index in [0.717, 1.165) is 16.7 Å². The van der Waals surface area contributed by atoms with Gasteiger partial charge in [0, 0.05) is 0 Å². The van der Waals surface area contributed by atoms with Crippen molar-refractivity contribution >= 4 is 0 Å². The van der Waals surface area contributed by atoms with Crippen LogP contribution in [0.15, 0.2) is 91.0 Å². The predicted octanol–water partition coefficient (Wildman–Crippen LogP) is 4.24. The van der Waals surface area contributed by atoms with Crippen molar-refractivity contribution in [3.8, 4) is 0 Å². The van der Waals surface area contributed by atoms with E-state index in [1.54, 1.807) is 0 Å². The molecule has 1 aliphatic carbocycles. The van der Waals surface area contributed by atoms with Gasteiger partial charge in [-0.1, -0.05) is 91.0 Å². The van der Waals surface area contributed by atoms with E-state index in [-0.39, 0.29) is 6.10 Å². The highest BCUT2D eigenvalue weighted by Gasteiger charge is 2.61. The van der Waals surface area contributed by atoms with Gasteiger partial charge in [-0.3, -0.25) is 0 Å². The number of aliphatic hydroxyl groups excluding tert-OH is 1. The van der Waals surface area contributed by atoms with Crippen LogP contribution in [0.4, 0.5) is 0 Å². The summed E-state index contributed by atoms with van der Waals surface area (Å²) in [6, 6.07) is 30.9. The van der Waals surface area contributed by atoms with Crippen LogP contribution < -0.4 is 5.32 Å². The molecular formula is C29H33NO4. The van der Waals surface area contributed by atoms with E-state index in [4.69, 9.17) is 14.2 Å². The van der Waals surface area contributed by atoms with Crippen LogP contribution in [0.25, 0.3) is 0 Å². The Morgan fingerprint density at radius 2 is 1.32 bits per heavy atom. The van der Waals surface area contributed by atoms with E-state index in [9.17, 15) is 5.11 Å². The lowest BCUT2D eigenvalue weighted by molar-refractivity contribution is -0.175. The van der Waals surface area contributed by atoms with Crippen LogP contribution in [0.1, 0.15) is 37.0 Å². The van der Waals surface area contributed by atoms with Crippen LogP contribution in [-0.4, -0.2) is 48.4 Å². The maximum absolute atomic E-state index is 10.9. The third kappa shape index (κ3) is 3.88. The highest BCUT2D eigenvalue weighted by Crippen LogP contribution is 2.47. The van der Waals surface area contributed by atoms with Gasteiger partial charge in [0.2, 0.25) is 0 Å². The molecule has 3 aromatic carbocycles. The summed E-state index contributed by atoms with van der Waals surface area (Å²) >= 11 is 0. The summed E-state index contributed by atoms with van der Waals surface area (Å²) in [5, 5.41) is 14.3. The van der Waals surface area contributed by atoms with E-state index in [1.165, 1.54) is 0 Å². The molecule has 3 aromatic rings. The molecule has 178 valence electrons. The summed E-state index contributed by atoms with van der Waals surface area (Å²) in [5.41, 5.74) is 1.67. The molecule has 1 aliphatic heterocycles. The van der Waals surface area contributed by atoms with Gasteiger partial charge >= 0.3 is 0 Å². The molecule has 5 rings (SSSR count). The maximum atomic E-state index is 10.9. The number of rotatable bonds is 7. The molecule has 2 N–H and O–H groups in total. The highest BCUT2D eigenvalue weighted by molar-refractivity contribution is 5.47. The number of hydrogen-bond donors (Lipinski definition) is 2. The molecule has 0 amide bonds. The van der Waals surface area contributed by atoms with E-state index in [2.05, 4.69) is 41.7 Å². The fourth-order valence-electron chi connectivity index (χ4n) is 5.57. The van der Waals surface area contributed by atoms with Gasteiger partial charge < -0.3 is 24.6 Å². The molecule has 4 atom stereocenters. The van der Waals surface area contributed by atoms with Crippen molar-refractivity contribution in [2.45, 2.75) is 55.5 Å². The molecule has 1 saturated heterocycles. The Morgan fingerprint density at radius 3 is 1.76 bits per heavy atom. The number of likely N-dealkylation sites (N-methyl/N-ethyl adjacent to an activating group) is 1. The first-order chi connectivity index (χ1) is 16.4. The van der Waals surface area contributed by atoms with Gasteiger partial charge in [-0.2, -0.15) is 0 Å². The number of benzene rings is 3. The van der Waals surface area contributed by atoms with Gasteiger partial charge in [0.15, 0.2) is 5.79 Å². The molecule has 1 heterocycles. The molecule has 0 spiro atoms. The molecule has 0 unspecified atom stereocenters. The third-order valence-corrected chi connectivity index (χ3v) is 7.21. The summed E-state index contributed by atoms with van der Waals surface area (Å²) in [5.74, 6) is -0.756. The van der Waals surface area contributed by atoms with Crippen molar-refractivity contribution < 1.29 is 19.3 Å². The first-order valence-corrected chi connectivity index (χ1v) is 11.9. The molecule has 5 heteroatoms. The molecule has 5 nitrogen and oxygen atoms in total. The first kappa shape index (κ1) is 23.2. The Kier molecular flexibility index (Phi) is 6.09. The molecule has 0 radical (unpaired) electrons. The lowest BCUT2D eigenvalue weighted by atomic mass is 9.79. The minimum absolute atomic E-state index is 0.319. The lowest BCUT2D eigenvalue weighted by Gasteiger charge is -2.41. The van der Waals surface area contributed by atoms with E-state index in [1.807, 2.05) is 75.5 Å². The van der Waals surface area contributed by atoms with E-state index in [0.29, 0.717) is 13.0 Å². The average Bonchev–Trinajstić information content (AvgIpc) is 3.33. The smallest absolute Gasteiger partial charge is 0.163 e. The summed E-state index contributed by atoms with van der Waals surface area (Å²) in [4.78, 5) is 0. The van der Waals surface area contributed by atoms with Crippen LogP contribution in [0.2, 0.25) is 0 Å². The largest absolute Gasteiger partial charge is 0.390 e. The van der Waals surface area contributed by atoms with Gasteiger partial charge in [0.05, 0.1) is 18.2 Å². The fraction of sp³-hybridized carbons (Fsp3) is 0.379. The Bertz CT molecular complexity index is 992. The van der Waals surface area contributed by atoms with Gasteiger partial charge in [-0.15, -0.1) is 0 Å². The number of ether oxygens (including phenoxy) is 3. The minimum Gasteiger partial charge on any atom is -0.390 e. The van der Waals surface area contributed by atoms with Crippen LogP contribution >= 0.6 is 0 Å². The minimum atomic E-state index is -0.842. The zero-order chi connectivity index (χ0) is 23.8. The second kappa shape index (κ2) is 8.91. The Hall–Kier alpha value is -2.54. The van der Waals surface area contributed by atoms with Crippen molar-refractivity contribution in [1.29, 1.82) is 0 Å². The second-order valence-electron chi connectivity index (χ2n) is 9.77. The lowest BCUT2D eigenvalue weighted by Crippen LogP contribution is -2.57. The first-order valence-electron chi connectivity index (χ1n) is 11.9. The zero-order valence-corrected chi connectivity index (χ0v) is 20.0. The van der Waals surface area contributed by atoms with Gasteiger partial charge in [-0.05, 0) is 44.0 Å². The zero-order valence-electron chi connectivity index (χ0n) is 20.0. The summed E-state index contributed by atoms with van der Waals surface area (Å²) in [7, 11) is 1.91. The molecule has 0 aromatic heterocycles. The van der Waals surface area contributed by atoms with Gasteiger partial charge in [-0.25, -0.2) is 0 Å². The van der Waals surface area contributed by atoms with Crippen molar-refractivity contribution in [2.75, 3.05) is 13.7 Å². The molecule has 1 saturated carbocycles. The fourth-order valence-corrected chi connectivity index (χ4v) is 5.57. The molecule has 2 fully saturated rings. The standard InChI is InChI=1S/C29H33NO4/c1-27(2)33-25-24(31)19-28(30-3,26(25)34-27)20-32-29(21-13-7-4-8-14-21,22-15-9-5-10-16-22)23-17-11-6-12-18-23/h4-18,24-26,30-31H,19-20H2,1-3H3/t24-,25+,26+,28-/m1/s1. The quantitative estimate of drug-likeness (QED) is 0.518. The molecular weight excluding hydrogens is 426 g/mol. The molecule has 34 heavy (non-hydrogen) atoms. The summed E-state index contributed by atoms with van der Waals surface area (Å²) in [6.07, 6.45) is -0.890. The topological polar surface area (TPSA) is 60.0 Å². The van der Waals surface area contributed by atoms with Gasteiger partial charge in [0.25, 0.3) is 0 Å². The Labute approximate surface area is 201 Å². The number of nitrogens with one attached hydrogen (secondary N) is 1. The van der Waals surface area contributed by atoms with Crippen LogP contribution in [0.5, 0.6) is 0 Å². The number of fused-ring (bicyclic) bond motifs is 1. The van der Waals surface area contributed by atoms with Crippen molar-refractivity contribution in [2.24, 2.45) is 0 Å². The Balaban J connectivity index is 1.61. The normalized spacial score (nSPS) is 28.1. The predicted molar refractivity (Wildman–Crippen MR) is 131 cm³/mol. The van der Waals surface area contributed by atoms with Crippen molar-refractivity contribution in [3.63, 3.8) is 0 Å². The van der Waals surface area contributed by atoms with Crippen molar-refractivity contribution in [3.05, 3.63) is 108 Å². The van der Waals surface area contributed by atoms with Crippen LogP contribution in [-0.2, 0) is 19.8 Å². The summed E-state index contributed by atoms with van der Waals surface area (Å²) < 4.78 is 19.4. The molecule has 0 bridgehead atoms. The molecule has 2 aliphatic rings. The monoisotopic (exact) mass is 459 g/mol. The van der Waals surface area contributed by atoms with Crippen molar-refractivity contribution in [1.82, 2.24) is 5.32 Å². The number of aliphatic hydroxyl groups is 1. The second-order valence-corrected chi connectivity index (χ2v) is 9.77. The van der Waals surface area contributed by atoms with Crippen LogP contribution in [0.3, 0.4) is 0 Å². The Morgan fingerprint density at radius 1 is 0.853 bits per heavy atom. The van der Waals surface area contributed by atoms with Gasteiger partial charge in [0.1, 0.15) is 17.8 Å². The average molecular weight is 460 g/mol. The highest BCUT2D eigenvalue weighted by atomic mass is 16.8. The summed E-state index contributed by atoms with van der Waals surface area (Å²) in [6.45, 7) is 4.10. The van der Waals surface area contributed by atoms with E-state index < -0.39 is 29.1 Å². The maximum Gasteiger partial charge on any atom is 0.163 e. The SMILES string of the molecule is CN[C@@]1(COC(c2ccccc2)(c2ccccc2)c2ccccc2)C[C@@H](O)[C@@H]2OC(C)(C)O[C@@H]21. The third-order valence-electron chi connectivity index (χ3n) is 7.21.